The Kier molecular flexibility index (Phi) is 5.18. The van der Waals surface area contributed by atoms with Crippen LogP contribution in [0.2, 0.25) is 0 Å². The van der Waals surface area contributed by atoms with E-state index < -0.39 is 27.7 Å². The zero-order valence-corrected chi connectivity index (χ0v) is 10.7. The van der Waals surface area contributed by atoms with E-state index in [0.29, 0.717) is 18.9 Å². The molecule has 0 fully saturated rings. The third-order valence-corrected chi connectivity index (χ3v) is 3.94. The summed E-state index contributed by atoms with van der Waals surface area (Å²) < 4.78 is 51.6. The normalized spacial score (nSPS) is 13.6. The van der Waals surface area contributed by atoms with Gasteiger partial charge in [-0.15, -0.1) is 0 Å². The molecule has 0 aromatic heterocycles. The number of benzene rings is 1. The Bertz CT molecular complexity index is 505. The number of hydrogen-bond acceptors (Lipinski definition) is 3. The van der Waals surface area contributed by atoms with Crippen molar-refractivity contribution in [1.82, 2.24) is 4.72 Å². The molecule has 1 unspecified atom stereocenters. The van der Waals surface area contributed by atoms with Crippen LogP contribution >= 0.6 is 0 Å². The van der Waals surface area contributed by atoms with E-state index in [1.165, 1.54) is 0 Å². The molecule has 0 aliphatic heterocycles. The van der Waals surface area contributed by atoms with Crippen molar-refractivity contribution < 1.29 is 22.3 Å². The SMILES string of the molecule is CC(CCCO)NS(=O)(=O)c1ccc(F)c(F)c1. The number of sulfonamides is 1. The Morgan fingerprint density at radius 2 is 2.00 bits per heavy atom. The highest BCUT2D eigenvalue weighted by Gasteiger charge is 2.18. The minimum absolute atomic E-state index is 0.0305. The lowest BCUT2D eigenvalue weighted by atomic mass is 10.2. The molecule has 0 aliphatic carbocycles. The summed E-state index contributed by atoms with van der Waals surface area (Å²) in [6.07, 6.45) is 0.918. The van der Waals surface area contributed by atoms with Crippen molar-refractivity contribution in [3.05, 3.63) is 29.8 Å². The highest BCUT2D eigenvalue weighted by Crippen LogP contribution is 2.14. The second kappa shape index (κ2) is 6.21. The summed E-state index contributed by atoms with van der Waals surface area (Å²) in [4.78, 5) is -0.322. The molecule has 102 valence electrons. The summed E-state index contributed by atoms with van der Waals surface area (Å²) in [6.45, 7) is 1.60. The van der Waals surface area contributed by atoms with E-state index in [-0.39, 0.29) is 11.5 Å². The number of aliphatic hydroxyl groups excluding tert-OH is 1. The maximum Gasteiger partial charge on any atom is 0.240 e. The molecule has 0 aliphatic rings. The third-order valence-electron chi connectivity index (χ3n) is 2.35. The molecule has 1 aromatic rings. The van der Waals surface area contributed by atoms with Gasteiger partial charge in [-0.1, -0.05) is 0 Å². The molecule has 1 aromatic carbocycles. The first kappa shape index (κ1) is 15.0. The van der Waals surface area contributed by atoms with Crippen LogP contribution in [0.15, 0.2) is 23.1 Å². The van der Waals surface area contributed by atoms with Crippen LogP contribution in [0.3, 0.4) is 0 Å². The fourth-order valence-corrected chi connectivity index (χ4v) is 2.72. The van der Waals surface area contributed by atoms with Gasteiger partial charge in [0.15, 0.2) is 11.6 Å². The van der Waals surface area contributed by atoms with Crippen LogP contribution in [0.5, 0.6) is 0 Å². The second-order valence-electron chi connectivity index (χ2n) is 3.96. The molecule has 0 spiro atoms. The molecule has 0 saturated heterocycles. The smallest absolute Gasteiger partial charge is 0.240 e. The number of nitrogens with one attached hydrogen (secondary N) is 1. The number of rotatable bonds is 6. The molecular formula is C11H15F2NO3S. The van der Waals surface area contributed by atoms with E-state index in [1.807, 2.05) is 0 Å². The molecule has 0 amide bonds. The molecule has 1 rings (SSSR count). The van der Waals surface area contributed by atoms with Gasteiger partial charge >= 0.3 is 0 Å². The molecule has 18 heavy (non-hydrogen) atoms. The summed E-state index contributed by atoms with van der Waals surface area (Å²) in [6, 6.07) is 2.01. The maximum atomic E-state index is 12.9. The number of halogens is 2. The summed E-state index contributed by atoms with van der Waals surface area (Å²) in [5, 5.41) is 8.63. The highest BCUT2D eigenvalue weighted by molar-refractivity contribution is 7.89. The van der Waals surface area contributed by atoms with E-state index in [9.17, 15) is 17.2 Å². The van der Waals surface area contributed by atoms with Crippen molar-refractivity contribution in [3.8, 4) is 0 Å². The monoisotopic (exact) mass is 279 g/mol. The molecule has 0 radical (unpaired) electrons. The molecule has 0 heterocycles. The quantitative estimate of drug-likeness (QED) is 0.827. The Labute approximate surface area is 105 Å². The zero-order valence-electron chi connectivity index (χ0n) is 9.86. The van der Waals surface area contributed by atoms with Crippen molar-refractivity contribution in [2.24, 2.45) is 0 Å². The lowest BCUT2D eigenvalue weighted by Crippen LogP contribution is -2.32. The van der Waals surface area contributed by atoms with E-state index in [0.717, 1.165) is 12.1 Å². The average molecular weight is 279 g/mol. The Morgan fingerprint density at radius 1 is 1.33 bits per heavy atom. The van der Waals surface area contributed by atoms with Crippen molar-refractivity contribution in [2.45, 2.75) is 30.7 Å². The molecule has 2 N–H and O–H groups in total. The summed E-state index contributed by atoms with van der Waals surface area (Å²) >= 11 is 0. The molecule has 4 nitrogen and oxygen atoms in total. The van der Waals surface area contributed by atoms with Gasteiger partial charge in [0.25, 0.3) is 0 Å². The van der Waals surface area contributed by atoms with Gasteiger partial charge in [0, 0.05) is 12.6 Å². The van der Waals surface area contributed by atoms with Crippen LogP contribution in [0, 0.1) is 11.6 Å². The minimum Gasteiger partial charge on any atom is -0.396 e. The first-order chi connectivity index (χ1) is 8.36. The zero-order chi connectivity index (χ0) is 13.8. The maximum absolute atomic E-state index is 12.9. The van der Waals surface area contributed by atoms with Crippen LogP contribution in [0.25, 0.3) is 0 Å². The number of hydrogen-bond donors (Lipinski definition) is 2. The van der Waals surface area contributed by atoms with Crippen molar-refractivity contribution in [3.63, 3.8) is 0 Å². The predicted octanol–water partition coefficient (Wildman–Crippen LogP) is 1.40. The van der Waals surface area contributed by atoms with Crippen molar-refractivity contribution in [1.29, 1.82) is 0 Å². The topological polar surface area (TPSA) is 66.4 Å². The van der Waals surface area contributed by atoms with Crippen LogP contribution in [-0.4, -0.2) is 26.2 Å². The van der Waals surface area contributed by atoms with Gasteiger partial charge in [0.1, 0.15) is 0 Å². The van der Waals surface area contributed by atoms with Gasteiger partial charge in [-0.25, -0.2) is 21.9 Å². The van der Waals surface area contributed by atoms with Gasteiger partial charge < -0.3 is 5.11 Å². The molecule has 0 bridgehead atoms. The molecule has 0 saturated carbocycles. The Hall–Kier alpha value is -1.05. The largest absolute Gasteiger partial charge is 0.396 e. The van der Waals surface area contributed by atoms with Gasteiger partial charge in [-0.2, -0.15) is 0 Å². The average Bonchev–Trinajstić information content (AvgIpc) is 2.29. The van der Waals surface area contributed by atoms with Gasteiger partial charge in [-0.05, 0) is 38.0 Å². The van der Waals surface area contributed by atoms with Gasteiger partial charge in [0.2, 0.25) is 10.0 Å². The first-order valence-corrected chi connectivity index (χ1v) is 6.93. The molecule has 1 atom stereocenters. The summed E-state index contributed by atoms with van der Waals surface area (Å²) in [7, 11) is -3.87. The van der Waals surface area contributed by atoms with E-state index in [4.69, 9.17) is 5.11 Å². The fraction of sp³-hybridized carbons (Fsp3) is 0.455. The lowest BCUT2D eigenvalue weighted by molar-refractivity contribution is 0.279. The van der Waals surface area contributed by atoms with Crippen molar-refractivity contribution in [2.75, 3.05) is 6.61 Å². The summed E-state index contributed by atoms with van der Waals surface area (Å²) in [5.41, 5.74) is 0. The van der Waals surface area contributed by atoms with E-state index >= 15 is 0 Å². The fourth-order valence-electron chi connectivity index (χ4n) is 1.43. The Balaban J connectivity index is 2.83. The molecular weight excluding hydrogens is 264 g/mol. The Morgan fingerprint density at radius 3 is 2.56 bits per heavy atom. The van der Waals surface area contributed by atoms with Crippen LogP contribution < -0.4 is 4.72 Å². The predicted molar refractivity (Wildman–Crippen MR) is 62.5 cm³/mol. The molecule has 7 heteroatoms. The van der Waals surface area contributed by atoms with Crippen LogP contribution in [-0.2, 0) is 10.0 Å². The van der Waals surface area contributed by atoms with E-state index in [2.05, 4.69) is 4.72 Å². The summed E-state index contributed by atoms with van der Waals surface area (Å²) in [5.74, 6) is -2.30. The van der Waals surface area contributed by atoms with Crippen LogP contribution in [0.1, 0.15) is 19.8 Å². The second-order valence-corrected chi connectivity index (χ2v) is 5.68. The highest BCUT2D eigenvalue weighted by atomic mass is 32.2. The lowest BCUT2D eigenvalue weighted by Gasteiger charge is -2.13. The van der Waals surface area contributed by atoms with Crippen LogP contribution in [0.4, 0.5) is 8.78 Å². The first-order valence-electron chi connectivity index (χ1n) is 5.45. The van der Waals surface area contributed by atoms with Gasteiger partial charge in [0.05, 0.1) is 4.90 Å². The van der Waals surface area contributed by atoms with Gasteiger partial charge in [-0.3, -0.25) is 0 Å². The third kappa shape index (κ3) is 4.01. The van der Waals surface area contributed by atoms with E-state index in [1.54, 1.807) is 6.92 Å². The standard InChI is InChI=1S/C11H15F2NO3S/c1-8(3-2-6-15)14-18(16,17)9-4-5-10(12)11(13)7-9/h4-5,7-8,14-15H,2-3,6H2,1H3. The minimum atomic E-state index is -3.87. The number of aliphatic hydroxyl groups is 1. The van der Waals surface area contributed by atoms with Crippen molar-refractivity contribution >= 4 is 10.0 Å².